The van der Waals surface area contributed by atoms with Crippen molar-refractivity contribution < 1.29 is 24.2 Å². The highest BCUT2D eigenvalue weighted by Crippen LogP contribution is 2.25. The maximum absolute atomic E-state index is 11.7. The standard InChI is InChI=1S/C14H24O5/c1-14(2,3)19-12(15)9-11(13(16)17)8-10-4-6-18-7-5-10/h10-11H,4-9H2,1-3H3,(H,16,17). The molecule has 1 aliphatic rings. The van der Waals surface area contributed by atoms with Crippen LogP contribution in [-0.2, 0) is 19.1 Å². The normalized spacial score (nSPS) is 18.9. The van der Waals surface area contributed by atoms with Gasteiger partial charge >= 0.3 is 11.9 Å². The lowest BCUT2D eigenvalue weighted by Gasteiger charge is -2.25. The first kappa shape index (κ1) is 16.0. The van der Waals surface area contributed by atoms with Crippen molar-refractivity contribution in [2.24, 2.45) is 11.8 Å². The maximum atomic E-state index is 11.7. The fourth-order valence-corrected chi connectivity index (χ4v) is 2.24. The molecule has 1 N–H and O–H groups in total. The van der Waals surface area contributed by atoms with E-state index in [1.807, 2.05) is 0 Å². The van der Waals surface area contributed by atoms with Gasteiger partial charge in [-0.2, -0.15) is 0 Å². The van der Waals surface area contributed by atoms with Gasteiger partial charge < -0.3 is 14.6 Å². The van der Waals surface area contributed by atoms with Crippen molar-refractivity contribution in [1.82, 2.24) is 0 Å². The van der Waals surface area contributed by atoms with Crippen LogP contribution in [0.2, 0.25) is 0 Å². The summed E-state index contributed by atoms with van der Waals surface area (Å²) in [6, 6.07) is 0. The Morgan fingerprint density at radius 3 is 2.37 bits per heavy atom. The maximum Gasteiger partial charge on any atom is 0.307 e. The van der Waals surface area contributed by atoms with Crippen LogP contribution in [0, 0.1) is 11.8 Å². The Labute approximate surface area is 114 Å². The second-order valence-corrected chi connectivity index (χ2v) is 6.12. The first-order chi connectivity index (χ1) is 8.78. The van der Waals surface area contributed by atoms with Gasteiger partial charge in [-0.1, -0.05) is 0 Å². The summed E-state index contributed by atoms with van der Waals surface area (Å²) in [5, 5.41) is 9.21. The van der Waals surface area contributed by atoms with Gasteiger partial charge in [0.05, 0.1) is 12.3 Å². The highest BCUT2D eigenvalue weighted by molar-refractivity contribution is 5.78. The number of ether oxygens (including phenoxy) is 2. The van der Waals surface area contributed by atoms with E-state index in [1.165, 1.54) is 0 Å². The zero-order valence-electron chi connectivity index (χ0n) is 12.0. The summed E-state index contributed by atoms with van der Waals surface area (Å²) >= 11 is 0. The third kappa shape index (κ3) is 6.57. The van der Waals surface area contributed by atoms with E-state index in [4.69, 9.17) is 9.47 Å². The molecule has 0 amide bonds. The van der Waals surface area contributed by atoms with E-state index in [1.54, 1.807) is 20.8 Å². The quantitative estimate of drug-likeness (QED) is 0.777. The number of hydrogen-bond acceptors (Lipinski definition) is 4. The van der Waals surface area contributed by atoms with E-state index < -0.39 is 23.5 Å². The van der Waals surface area contributed by atoms with Gasteiger partial charge in [-0.25, -0.2) is 0 Å². The lowest BCUT2D eigenvalue weighted by molar-refractivity contribution is -0.160. The fraction of sp³-hybridized carbons (Fsp3) is 0.857. The molecule has 19 heavy (non-hydrogen) atoms. The van der Waals surface area contributed by atoms with E-state index in [-0.39, 0.29) is 6.42 Å². The van der Waals surface area contributed by atoms with Crippen molar-refractivity contribution in [3.63, 3.8) is 0 Å². The van der Waals surface area contributed by atoms with E-state index in [9.17, 15) is 14.7 Å². The average Bonchev–Trinajstić information content (AvgIpc) is 2.26. The summed E-state index contributed by atoms with van der Waals surface area (Å²) in [4.78, 5) is 22.9. The Balaban J connectivity index is 2.48. The molecule has 1 atom stereocenters. The Morgan fingerprint density at radius 1 is 1.32 bits per heavy atom. The summed E-state index contributed by atoms with van der Waals surface area (Å²) in [7, 11) is 0. The highest BCUT2D eigenvalue weighted by Gasteiger charge is 2.28. The molecule has 0 saturated carbocycles. The molecule has 1 heterocycles. The molecule has 0 radical (unpaired) electrons. The molecule has 0 aliphatic carbocycles. The minimum Gasteiger partial charge on any atom is -0.481 e. The minimum atomic E-state index is -0.919. The molecule has 0 aromatic heterocycles. The van der Waals surface area contributed by atoms with Crippen LogP contribution in [0.1, 0.15) is 46.5 Å². The number of carboxylic acid groups (broad SMARTS) is 1. The van der Waals surface area contributed by atoms with Crippen molar-refractivity contribution in [3.8, 4) is 0 Å². The van der Waals surface area contributed by atoms with Crippen molar-refractivity contribution in [1.29, 1.82) is 0 Å². The largest absolute Gasteiger partial charge is 0.481 e. The molecular formula is C14H24O5. The van der Waals surface area contributed by atoms with E-state index in [0.29, 0.717) is 25.6 Å². The Morgan fingerprint density at radius 2 is 1.89 bits per heavy atom. The first-order valence-electron chi connectivity index (χ1n) is 6.80. The molecule has 1 unspecified atom stereocenters. The molecule has 1 saturated heterocycles. The zero-order chi connectivity index (χ0) is 14.5. The fourth-order valence-electron chi connectivity index (χ4n) is 2.24. The smallest absolute Gasteiger partial charge is 0.307 e. The van der Waals surface area contributed by atoms with Crippen molar-refractivity contribution in [2.45, 2.75) is 52.1 Å². The van der Waals surface area contributed by atoms with Gasteiger partial charge in [0.25, 0.3) is 0 Å². The molecular weight excluding hydrogens is 248 g/mol. The molecule has 0 aromatic rings. The number of carbonyl (C=O) groups is 2. The number of aliphatic carboxylic acids is 1. The van der Waals surface area contributed by atoms with E-state index in [2.05, 4.69) is 0 Å². The highest BCUT2D eigenvalue weighted by atomic mass is 16.6. The summed E-state index contributed by atoms with van der Waals surface area (Å²) in [6.45, 7) is 6.70. The first-order valence-corrected chi connectivity index (χ1v) is 6.80. The van der Waals surface area contributed by atoms with E-state index in [0.717, 1.165) is 12.8 Å². The number of hydrogen-bond donors (Lipinski definition) is 1. The SMILES string of the molecule is CC(C)(C)OC(=O)CC(CC1CCOCC1)C(=O)O. The molecule has 1 rings (SSSR count). The van der Waals surface area contributed by atoms with Gasteiger partial charge in [-0.3, -0.25) is 9.59 Å². The second kappa shape index (κ2) is 6.89. The summed E-state index contributed by atoms with van der Waals surface area (Å²) in [6.07, 6.45) is 2.22. The van der Waals surface area contributed by atoms with Crippen molar-refractivity contribution >= 4 is 11.9 Å². The van der Waals surface area contributed by atoms with Gasteiger partial charge in [-0.15, -0.1) is 0 Å². The number of esters is 1. The van der Waals surface area contributed by atoms with Crippen molar-refractivity contribution in [3.05, 3.63) is 0 Å². The number of carboxylic acids is 1. The Bertz CT molecular complexity index is 312. The number of carbonyl (C=O) groups excluding carboxylic acids is 1. The molecule has 0 spiro atoms. The van der Waals surface area contributed by atoms with Crippen molar-refractivity contribution in [2.75, 3.05) is 13.2 Å². The molecule has 5 nitrogen and oxygen atoms in total. The molecule has 1 aliphatic heterocycles. The van der Waals surface area contributed by atoms with Crippen LogP contribution < -0.4 is 0 Å². The summed E-state index contributed by atoms with van der Waals surface area (Å²) < 4.78 is 10.4. The van der Waals surface area contributed by atoms with Crippen LogP contribution in [0.3, 0.4) is 0 Å². The van der Waals surface area contributed by atoms with Crippen LogP contribution >= 0.6 is 0 Å². The predicted octanol–water partition coefficient (Wildman–Crippen LogP) is 2.24. The molecule has 110 valence electrons. The lowest BCUT2D eigenvalue weighted by Crippen LogP contribution is -2.29. The molecule has 5 heteroatoms. The van der Waals surface area contributed by atoms with E-state index >= 15 is 0 Å². The van der Waals surface area contributed by atoms with Gasteiger partial charge in [-0.05, 0) is 46.0 Å². The van der Waals surface area contributed by atoms with Crippen LogP contribution in [0.4, 0.5) is 0 Å². The van der Waals surface area contributed by atoms with Gasteiger partial charge in [0, 0.05) is 13.2 Å². The average molecular weight is 272 g/mol. The summed E-state index contributed by atoms with van der Waals surface area (Å²) in [5.74, 6) is -1.68. The van der Waals surface area contributed by atoms with Gasteiger partial charge in [0.15, 0.2) is 0 Å². The van der Waals surface area contributed by atoms with Crippen LogP contribution in [-0.4, -0.2) is 35.9 Å². The van der Waals surface area contributed by atoms with Gasteiger partial charge in [0.2, 0.25) is 0 Å². The number of rotatable bonds is 5. The minimum absolute atomic E-state index is 0.0516. The zero-order valence-corrected chi connectivity index (χ0v) is 12.0. The second-order valence-electron chi connectivity index (χ2n) is 6.12. The Kier molecular flexibility index (Phi) is 5.79. The molecule has 1 fully saturated rings. The lowest BCUT2D eigenvalue weighted by atomic mass is 9.87. The predicted molar refractivity (Wildman–Crippen MR) is 69.7 cm³/mol. The summed E-state index contributed by atoms with van der Waals surface area (Å²) in [5.41, 5.74) is -0.571. The van der Waals surface area contributed by atoms with Gasteiger partial charge in [0.1, 0.15) is 5.60 Å². The molecule has 0 aromatic carbocycles. The Hall–Kier alpha value is -1.10. The monoisotopic (exact) mass is 272 g/mol. The van der Waals surface area contributed by atoms with Crippen LogP contribution in [0.25, 0.3) is 0 Å². The third-order valence-electron chi connectivity index (χ3n) is 3.14. The van der Waals surface area contributed by atoms with Crippen LogP contribution in [0.15, 0.2) is 0 Å². The topological polar surface area (TPSA) is 72.8 Å². The third-order valence-corrected chi connectivity index (χ3v) is 3.14. The molecule has 0 bridgehead atoms. The van der Waals surface area contributed by atoms with Crippen LogP contribution in [0.5, 0.6) is 0 Å².